The van der Waals surface area contributed by atoms with Crippen LogP contribution in [0.5, 0.6) is 0 Å². The van der Waals surface area contributed by atoms with Crippen LogP contribution in [0, 0.1) is 25.7 Å². The van der Waals surface area contributed by atoms with Gasteiger partial charge in [0.2, 0.25) is 0 Å². The molecule has 0 bridgehead atoms. The van der Waals surface area contributed by atoms with Gasteiger partial charge in [-0.05, 0) is 38.7 Å². The normalized spacial score (nSPS) is 17.5. The van der Waals surface area contributed by atoms with Crippen LogP contribution in [0.3, 0.4) is 0 Å². The zero-order valence-corrected chi connectivity index (χ0v) is 17.9. The summed E-state index contributed by atoms with van der Waals surface area (Å²) in [6, 6.07) is 7.82. The van der Waals surface area contributed by atoms with Crippen molar-refractivity contribution in [3.8, 4) is 11.1 Å². The maximum absolute atomic E-state index is 12.7. The van der Waals surface area contributed by atoms with Gasteiger partial charge in [-0.3, -0.25) is 9.59 Å². The topological polar surface area (TPSA) is 81.7 Å². The molecule has 1 aliphatic rings. The number of ether oxygens (including phenoxy) is 2. The maximum Gasteiger partial charge on any atom is 0.341 e. The number of amides is 1. The molecule has 1 heterocycles. The zero-order chi connectivity index (χ0) is 21.1. The summed E-state index contributed by atoms with van der Waals surface area (Å²) in [4.78, 5) is 37.7. The number of anilines is 1. The molecule has 0 unspecified atom stereocenters. The lowest BCUT2D eigenvalue weighted by molar-refractivity contribution is -0.148. The Labute approximate surface area is 174 Å². The summed E-state index contributed by atoms with van der Waals surface area (Å²) < 4.78 is 10.3. The van der Waals surface area contributed by atoms with Gasteiger partial charge in [-0.25, -0.2) is 4.79 Å². The van der Waals surface area contributed by atoms with E-state index in [-0.39, 0.29) is 25.1 Å². The Morgan fingerprint density at radius 3 is 2.38 bits per heavy atom. The minimum absolute atomic E-state index is 0.102. The van der Waals surface area contributed by atoms with E-state index in [1.807, 2.05) is 45.0 Å². The molecule has 6 nitrogen and oxygen atoms in total. The number of aryl methyl sites for hydroxylation is 2. The third-order valence-electron chi connectivity index (χ3n) is 4.91. The summed E-state index contributed by atoms with van der Waals surface area (Å²) in [7, 11) is 0. The Kier molecular flexibility index (Phi) is 6.37. The van der Waals surface area contributed by atoms with E-state index in [1.54, 1.807) is 6.92 Å². The molecule has 1 saturated carbocycles. The summed E-state index contributed by atoms with van der Waals surface area (Å²) in [5.74, 6) is -1.10. The number of carbonyl (C=O) groups excluding carboxylic acids is 3. The van der Waals surface area contributed by atoms with Crippen LogP contribution in [0.4, 0.5) is 5.00 Å². The lowest BCUT2D eigenvalue weighted by Crippen LogP contribution is -2.22. The highest BCUT2D eigenvalue weighted by atomic mass is 32.1. The molecule has 1 aromatic carbocycles. The van der Waals surface area contributed by atoms with Crippen LogP contribution in [0.25, 0.3) is 11.1 Å². The van der Waals surface area contributed by atoms with Crippen LogP contribution in [-0.4, -0.2) is 31.1 Å². The summed E-state index contributed by atoms with van der Waals surface area (Å²) in [6.45, 7) is 7.45. The molecule has 7 heteroatoms. The second kappa shape index (κ2) is 8.78. The van der Waals surface area contributed by atoms with Crippen molar-refractivity contribution in [3.63, 3.8) is 0 Å². The molecule has 1 amide bonds. The van der Waals surface area contributed by atoms with Crippen molar-refractivity contribution in [2.24, 2.45) is 11.8 Å². The quantitative estimate of drug-likeness (QED) is 0.680. The van der Waals surface area contributed by atoms with E-state index in [2.05, 4.69) is 5.32 Å². The van der Waals surface area contributed by atoms with Crippen LogP contribution >= 0.6 is 11.3 Å². The summed E-state index contributed by atoms with van der Waals surface area (Å²) in [5.41, 5.74) is 3.06. The first-order valence-electron chi connectivity index (χ1n) is 9.65. The third kappa shape index (κ3) is 4.85. The largest absolute Gasteiger partial charge is 0.462 e. The fraction of sp³-hybridized carbons (Fsp3) is 0.409. The van der Waals surface area contributed by atoms with E-state index >= 15 is 0 Å². The predicted molar refractivity (Wildman–Crippen MR) is 112 cm³/mol. The minimum Gasteiger partial charge on any atom is -0.462 e. The van der Waals surface area contributed by atoms with Crippen LogP contribution < -0.4 is 5.32 Å². The van der Waals surface area contributed by atoms with Gasteiger partial charge in [-0.15, -0.1) is 11.3 Å². The van der Waals surface area contributed by atoms with Gasteiger partial charge in [0.1, 0.15) is 10.6 Å². The second-order valence-electron chi connectivity index (χ2n) is 7.30. The molecule has 0 radical (unpaired) electrons. The first-order chi connectivity index (χ1) is 13.8. The SMILES string of the molecule is CCOC(=O)c1c(NC(=O)COC(=O)[C@@H]2C[C@H]2C)sc(C)c1-c1ccc(C)cc1. The van der Waals surface area contributed by atoms with Crippen molar-refractivity contribution in [1.82, 2.24) is 0 Å². The van der Waals surface area contributed by atoms with E-state index in [0.29, 0.717) is 16.5 Å². The number of esters is 2. The van der Waals surface area contributed by atoms with Crippen molar-refractivity contribution in [3.05, 3.63) is 40.3 Å². The van der Waals surface area contributed by atoms with Gasteiger partial charge in [0.05, 0.1) is 12.5 Å². The lowest BCUT2D eigenvalue weighted by Gasteiger charge is -2.10. The number of hydrogen-bond donors (Lipinski definition) is 1. The van der Waals surface area contributed by atoms with Crippen molar-refractivity contribution in [1.29, 1.82) is 0 Å². The van der Waals surface area contributed by atoms with Crippen molar-refractivity contribution < 1.29 is 23.9 Å². The summed E-state index contributed by atoms with van der Waals surface area (Å²) in [6.07, 6.45) is 0.803. The molecule has 0 aliphatic heterocycles. The van der Waals surface area contributed by atoms with Crippen molar-refractivity contribution in [2.75, 3.05) is 18.5 Å². The zero-order valence-electron chi connectivity index (χ0n) is 17.0. The van der Waals surface area contributed by atoms with Crippen LogP contribution in [-0.2, 0) is 19.1 Å². The first-order valence-corrected chi connectivity index (χ1v) is 10.5. The number of rotatable bonds is 7. The third-order valence-corrected chi connectivity index (χ3v) is 5.94. The highest BCUT2D eigenvalue weighted by molar-refractivity contribution is 7.17. The molecule has 1 aromatic heterocycles. The molecule has 154 valence electrons. The van der Waals surface area contributed by atoms with E-state index < -0.39 is 11.9 Å². The molecular formula is C22H25NO5S. The average Bonchev–Trinajstić information content (AvgIpc) is 3.32. The predicted octanol–water partition coefficient (Wildman–Crippen LogP) is 4.35. The van der Waals surface area contributed by atoms with Gasteiger partial charge in [-0.1, -0.05) is 36.8 Å². The number of benzene rings is 1. The molecule has 1 N–H and O–H groups in total. The number of carbonyl (C=O) groups is 3. The smallest absolute Gasteiger partial charge is 0.341 e. The molecular weight excluding hydrogens is 390 g/mol. The summed E-state index contributed by atoms with van der Waals surface area (Å²) in [5, 5.41) is 3.12. The van der Waals surface area contributed by atoms with Crippen molar-refractivity contribution in [2.45, 2.75) is 34.1 Å². The molecule has 2 atom stereocenters. The lowest BCUT2D eigenvalue weighted by atomic mass is 10.0. The Morgan fingerprint density at radius 2 is 1.79 bits per heavy atom. The standard InChI is InChI=1S/C22H25NO5S/c1-5-27-22(26)19-18(15-8-6-12(2)7-9-15)14(4)29-20(19)23-17(24)11-28-21(25)16-10-13(16)3/h6-9,13,16H,5,10-11H2,1-4H3,(H,23,24)/t13-,16-/m1/s1. The molecule has 0 saturated heterocycles. The fourth-order valence-corrected chi connectivity index (χ4v) is 4.24. The van der Waals surface area contributed by atoms with Crippen LogP contribution in [0.15, 0.2) is 24.3 Å². The highest BCUT2D eigenvalue weighted by Crippen LogP contribution is 2.41. The van der Waals surface area contributed by atoms with E-state index in [1.165, 1.54) is 11.3 Å². The van der Waals surface area contributed by atoms with Crippen LogP contribution in [0.1, 0.15) is 41.1 Å². The van der Waals surface area contributed by atoms with Gasteiger partial charge in [0, 0.05) is 10.4 Å². The monoisotopic (exact) mass is 415 g/mol. The Bertz CT molecular complexity index is 931. The van der Waals surface area contributed by atoms with Gasteiger partial charge in [0.15, 0.2) is 6.61 Å². The van der Waals surface area contributed by atoms with E-state index in [0.717, 1.165) is 28.0 Å². The number of hydrogen-bond acceptors (Lipinski definition) is 6. The van der Waals surface area contributed by atoms with Crippen LogP contribution in [0.2, 0.25) is 0 Å². The fourth-order valence-electron chi connectivity index (χ4n) is 3.16. The Hall–Kier alpha value is -2.67. The maximum atomic E-state index is 12.7. The van der Waals surface area contributed by atoms with Gasteiger partial charge >= 0.3 is 11.9 Å². The van der Waals surface area contributed by atoms with Gasteiger partial charge in [-0.2, -0.15) is 0 Å². The Balaban J connectivity index is 1.82. The number of nitrogens with one attached hydrogen (secondary N) is 1. The van der Waals surface area contributed by atoms with E-state index in [9.17, 15) is 14.4 Å². The van der Waals surface area contributed by atoms with Gasteiger partial charge in [0.25, 0.3) is 5.91 Å². The summed E-state index contributed by atoms with van der Waals surface area (Å²) >= 11 is 1.30. The highest BCUT2D eigenvalue weighted by Gasteiger charge is 2.40. The number of thiophene rings is 1. The molecule has 1 aliphatic carbocycles. The van der Waals surface area contributed by atoms with E-state index in [4.69, 9.17) is 9.47 Å². The van der Waals surface area contributed by atoms with Gasteiger partial charge < -0.3 is 14.8 Å². The van der Waals surface area contributed by atoms with Crippen molar-refractivity contribution >= 4 is 34.2 Å². The second-order valence-corrected chi connectivity index (χ2v) is 8.52. The minimum atomic E-state index is -0.494. The Morgan fingerprint density at radius 1 is 1.14 bits per heavy atom. The molecule has 29 heavy (non-hydrogen) atoms. The molecule has 2 aromatic rings. The molecule has 1 fully saturated rings. The molecule has 3 rings (SSSR count). The average molecular weight is 416 g/mol. The molecule has 0 spiro atoms. The first kappa shape index (κ1) is 21.0.